The van der Waals surface area contributed by atoms with Gasteiger partial charge in [-0.3, -0.25) is 14.9 Å². The van der Waals surface area contributed by atoms with Crippen LogP contribution in [0.15, 0.2) is 36.4 Å². The molecule has 0 aromatic heterocycles. The van der Waals surface area contributed by atoms with Crippen LogP contribution in [0, 0.1) is 30.9 Å². The van der Waals surface area contributed by atoms with Crippen LogP contribution >= 0.6 is 0 Å². The molecule has 1 amide bonds. The lowest BCUT2D eigenvalue weighted by molar-refractivity contribution is -0.385. The number of nitro groups is 1. The molecule has 0 aliphatic carbocycles. The molecule has 0 spiro atoms. The number of benzene rings is 2. The van der Waals surface area contributed by atoms with Gasteiger partial charge in [0.2, 0.25) is 0 Å². The average Bonchev–Trinajstić information content (AvgIpc) is 2.61. The first kappa shape index (κ1) is 20.1. The van der Waals surface area contributed by atoms with Gasteiger partial charge in [-0.2, -0.15) is 0 Å². The van der Waals surface area contributed by atoms with Crippen molar-refractivity contribution in [3.05, 3.63) is 74.3 Å². The molecular formula is C20H22N2O5. The normalized spacial score (nSPS) is 11.6. The molecule has 2 aromatic rings. The van der Waals surface area contributed by atoms with Crippen LogP contribution in [0.5, 0.6) is 0 Å². The fraction of sp³-hybridized carbons (Fsp3) is 0.300. The molecule has 1 N–H and O–H groups in total. The first-order valence-electron chi connectivity index (χ1n) is 8.48. The van der Waals surface area contributed by atoms with Crippen LogP contribution in [0.1, 0.15) is 45.6 Å². The molecule has 27 heavy (non-hydrogen) atoms. The standard InChI is InChI=1S/C20H22N2O5/c1-12-8-9-16(10-13(12)2)15(4)21-19(23)11-27-20(24)17-6-5-7-18(14(17)3)22(25)26/h5-10,15H,11H2,1-4H3,(H,21,23)/t15-/m0/s1. The SMILES string of the molecule is Cc1ccc([C@H](C)NC(=O)COC(=O)c2cccc([N+](=O)[O-])c2C)cc1C. The zero-order valence-electron chi connectivity index (χ0n) is 15.7. The summed E-state index contributed by atoms with van der Waals surface area (Å²) in [6, 6.07) is 9.83. The minimum Gasteiger partial charge on any atom is -0.452 e. The molecule has 0 unspecified atom stereocenters. The van der Waals surface area contributed by atoms with Crippen molar-refractivity contribution in [2.75, 3.05) is 6.61 Å². The van der Waals surface area contributed by atoms with E-state index in [0.29, 0.717) is 0 Å². The first-order valence-corrected chi connectivity index (χ1v) is 8.48. The van der Waals surface area contributed by atoms with Gasteiger partial charge in [-0.1, -0.05) is 24.3 Å². The van der Waals surface area contributed by atoms with Gasteiger partial charge in [-0.25, -0.2) is 4.79 Å². The van der Waals surface area contributed by atoms with E-state index < -0.39 is 23.4 Å². The summed E-state index contributed by atoms with van der Waals surface area (Å²) < 4.78 is 5.01. The van der Waals surface area contributed by atoms with Crippen LogP contribution in [-0.4, -0.2) is 23.4 Å². The fourth-order valence-corrected chi connectivity index (χ4v) is 2.65. The number of esters is 1. The van der Waals surface area contributed by atoms with E-state index in [1.165, 1.54) is 30.7 Å². The highest BCUT2D eigenvalue weighted by molar-refractivity contribution is 5.93. The molecule has 0 aliphatic heterocycles. The third-order valence-corrected chi connectivity index (χ3v) is 4.46. The molecule has 0 saturated heterocycles. The predicted molar refractivity (Wildman–Crippen MR) is 101 cm³/mol. The van der Waals surface area contributed by atoms with Crippen molar-refractivity contribution in [2.45, 2.75) is 33.7 Å². The molecule has 142 valence electrons. The van der Waals surface area contributed by atoms with Crippen molar-refractivity contribution in [1.82, 2.24) is 5.32 Å². The van der Waals surface area contributed by atoms with E-state index in [1.54, 1.807) is 0 Å². The largest absolute Gasteiger partial charge is 0.452 e. The molecule has 0 bridgehead atoms. The lowest BCUT2D eigenvalue weighted by atomic mass is 10.0. The molecule has 1 atom stereocenters. The van der Waals surface area contributed by atoms with E-state index in [0.717, 1.165) is 11.1 Å². The fourth-order valence-electron chi connectivity index (χ4n) is 2.65. The number of amides is 1. The summed E-state index contributed by atoms with van der Waals surface area (Å²) in [5, 5.41) is 13.7. The van der Waals surface area contributed by atoms with Crippen LogP contribution in [0.3, 0.4) is 0 Å². The highest BCUT2D eigenvalue weighted by Gasteiger charge is 2.20. The Hall–Kier alpha value is -3.22. The lowest BCUT2D eigenvalue weighted by Gasteiger charge is -2.16. The number of rotatable bonds is 6. The maximum atomic E-state index is 12.2. The van der Waals surface area contributed by atoms with E-state index in [2.05, 4.69) is 5.32 Å². The van der Waals surface area contributed by atoms with Crippen molar-refractivity contribution in [3.63, 3.8) is 0 Å². The van der Waals surface area contributed by atoms with Gasteiger partial charge < -0.3 is 10.1 Å². The summed E-state index contributed by atoms with van der Waals surface area (Å²) in [5.41, 5.74) is 3.35. The third-order valence-electron chi connectivity index (χ3n) is 4.46. The van der Waals surface area contributed by atoms with E-state index >= 15 is 0 Å². The van der Waals surface area contributed by atoms with Crippen LogP contribution in [-0.2, 0) is 9.53 Å². The molecule has 0 radical (unpaired) electrons. The second kappa shape index (κ2) is 8.44. The number of ether oxygens (including phenoxy) is 1. The number of aryl methyl sites for hydroxylation is 2. The Morgan fingerprint density at radius 2 is 1.85 bits per heavy atom. The zero-order valence-corrected chi connectivity index (χ0v) is 15.7. The Labute approximate surface area is 157 Å². The van der Waals surface area contributed by atoms with Gasteiger partial charge in [-0.05, 0) is 50.5 Å². The highest BCUT2D eigenvalue weighted by atomic mass is 16.6. The number of hydrogen-bond donors (Lipinski definition) is 1. The smallest absolute Gasteiger partial charge is 0.339 e. The minimum absolute atomic E-state index is 0.0687. The Morgan fingerprint density at radius 1 is 1.15 bits per heavy atom. The molecule has 0 aliphatic rings. The molecule has 7 nitrogen and oxygen atoms in total. The number of nitro benzene ring substituents is 1. The average molecular weight is 370 g/mol. The molecule has 2 aromatic carbocycles. The maximum Gasteiger partial charge on any atom is 0.339 e. The van der Waals surface area contributed by atoms with Crippen molar-refractivity contribution < 1.29 is 19.2 Å². The van der Waals surface area contributed by atoms with Crippen molar-refractivity contribution >= 4 is 17.6 Å². The van der Waals surface area contributed by atoms with Crippen LogP contribution in [0.25, 0.3) is 0 Å². The zero-order chi connectivity index (χ0) is 20.1. The Bertz CT molecular complexity index is 892. The van der Waals surface area contributed by atoms with Crippen molar-refractivity contribution in [1.29, 1.82) is 0 Å². The highest BCUT2D eigenvalue weighted by Crippen LogP contribution is 2.21. The molecule has 0 fully saturated rings. The second-order valence-electron chi connectivity index (χ2n) is 6.42. The third kappa shape index (κ3) is 4.91. The van der Waals surface area contributed by atoms with Gasteiger partial charge in [0.15, 0.2) is 6.61 Å². The first-order chi connectivity index (χ1) is 12.7. The minimum atomic E-state index is -0.773. The number of nitrogens with zero attached hydrogens (tertiary/aromatic N) is 1. The maximum absolute atomic E-state index is 12.2. The Kier molecular flexibility index (Phi) is 6.28. The van der Waals surface area contributed by atoms with Gasteiger partial charge >= 0.3 is 5.97 Å². The van der Waals surface area contributed by atoms with Crippen LogP contribution in [0.4, 0.5) is 5.69 Å². The monoisotopic (exact) mass is 370 g/mol. The quantitative estimate of drug-likeness (QED) is 0.476. The number of nitrogens with one attached hydrogen (secondary N) is 1. The van der Waals surface area contributed by atoms with Crippen molar-refractivity contribution in [2.24, 2.45) is 0 Å². The predicted octanol–water partition coefficient (Wildman–Crippen LogP) is 3.55. The van der Waals surface area contributed by atoms with Crippen molar-refractivity contribution in [3.8, 4) is 0 Å². The topological polar surface area (TPSA) is 98.5 Å². The number of hydrogen-bond acceptors (Lipinski definition) is 5. The van der Waals surface area contributed by atoms with Gasteiger partial charge in [0.05, 0.1) is 16.5 Å². The van der Waals surface area contributed by atoms with Crippen LogP contribution < -0.4 is 5.32 Å². The van der Waals surface area contributed by atoms with E-state index in [9.17, 15) is 19.7 Å². The summed E-state index contributed by atoms with van der Waals surface area (Å²) in [6.07, 6.45) is 0. The summed E-state index contributed by atoms with van der Waals surface area (Å²) >= 11 is 0. The summed E-state index contributed by atoms with van der Waals surface area (Å²) in [7, 11) is 0. The van der Waals surface area contributed by atoms with Crippen LogP contribution in [0.2, 0.25) is 0 Å². The number of carbonyl (C=O) groups is 2. The summed E-state index contributed by atoms with van der Waals surface area (Å²) in [6.45, 7) is 6.86. The van der Waals surface area contributed by atoms with Gasteiger partial charge in [0.1, 0.15) is 0 Å². The van der Waals surface area contributed by atoms with Gasteiger partial charge in [0.25, 0.3) is 11.6 Å². The van der Waals surface area contributed by atoms with Gasteiger partial charge in [0, 0.05) is 11.6 Å². The molecule has 0 saturated carbocycles. The molecule has 2 rings (SSSR count). The summed E-state index contributed by atoms with van der Waals surface area (Å²) in [4.78, 5) is 34.6. The molecule has 0 heterocycles. The van der Waals surface area contributed by atoms with E-state index in [4.69, 9.17) is 4.74 Å². The number of carbonyl (C=O) groups excluding carboxylic acids is 2. The Morgan fingerprint density at radius 3 is 2.48 bits per heavy atom. The van der Waals surface area contributed by atoms with E-state index in [-0.39, 0.29) is 22.9 Å². The second-order valence-corrected chi connectivity index (χ2v) is 6.42. The Balaban J connectivity index is 1.97. The van der Waals surface area contributed by atoms with E-state index in [1.807, 2.05) is 39.0 Å². The summed E-state index contributed by atoms with van der Waals surface area (Å²) in [5.74, 6) is -1.22. The molecular weight excluding hydrogens is 348 g/mol. The van der Waals surface area contributed by atoms with Gasteiger partial charge in [-0.15, -0.1) is 0 Å². The lowest BCUT2D eigenvalue weighted by Crippen LogP contribution is -2.31. The molecule has 7 heteroatoms.